The summed E-state index contributed by atoms with van der Waals surface area (Å²) in [5, 5.41) is 6.05. The molecule has 2 N–H and O–H groups in total. The van der Waals surface area contributed by atoms with Crippen LogP contribution in [0, 0.1) is 5.82 Å². The molecule has 5 nitrogen and oxygen atoms in total. The Kier molecular flexibility index (Phi) is 4.14. The van der Waals surface area contributed by atoms with E-state index in [9.17, 15) is 9.18 Å². The van der Waals surface area contributed by atoms with Crippen molar-refractivity contribution in [2.45, 2.75) is 26.3 Å². The van der Waals surface area contributed by atoms with Gasteiger partial charge in [0.15, 0.2) is 0 Å². The van der Waals surface area contributed by atoms with Crippen molar-refractivity contribution in [2.24, 2.45) is 0 Å². The lowest BCUT2D eigenvalue weighted by atomic mass is 10.0. The number of nitrogens with zero attached hydrogens (tertiary/aromatic N) is 1. The van der Waals surface area contributed by atoms with Crippen molar-refractivity contribution >= 4 is 17.4 Å². The van der Waals surface area contributed by atoms with E-state index in [1.165, 1.54) is 19.1 Å². The van der Waals surface area contributed by atoms with Gasteiger partial charge >= 0.3 is 0 Å². The first-order valence-electron chi connectivity index (χ1n) is 7.46. The van der Waals surface area contributed by atoms with E-state index in [2.05, 4.69) is 15.6 Å². The lowest BCUT2D eigenvalue weighted by molar-refractivity contribution is -0.114. The molecular formula is C17H18FN3O2. The predicted octanol–water partition coefficient (Wildman–Crippen LogP) is 2.96. The maximum atomic E-state index is 13.0. The normalized spacial score (nSPS) is 16.0. The van der Waals surface area contributed by atoms with Crippen molar-refractivity contribution in [3.63, 3.8) is 0 Å². The number of pyridine rings is 1. The topological polar surface area (TPSA) is 63.2 Å². The van der Waals surface area contributed by atoms with Gasteiger partial charge in [-0.05, 0) is 30.7 Å². The number of rotatable bonds is 3. The lowest BCUT2D eigenvalue weighted by Crippen LogP contribution is -2.29. The molecule has 1 aromatic carbocycles. The number of aromatic nitrogens is 1. The summed E-state index contributed by atoms with van der Waals surface area (Å²) in [5.74, 6) is 0.477. The van der Waals surface area contributed by atoms with Gasteiger partial charge in [-0.15, -0.1) is 0 Å². The second kappa shape index (κ2) is 6.24. The number of carbonyl (C=O) groups excluding carboxylic acids is 1. The Bertz CT molecular complexity index is 731. The Hall–Kier alpha value is -2.63. The maximum Gasteiger partial charge on any atom is 0.239 e. The smallest absolute Gasteiger partial charge is 0.239 e. The summed E-state index contributed by atoms with van der Waals surface area (Å²) in [6.45, 7) is 3.98. The van der Waals surface area contributed by atoms with Gasteiger partial charge in [0.2, 0.25) is 11.8 Å². The summed E-state index contributed by atoms with van der Waals surface area (Å²) in [7, 11) is 0. The van der Waals surface area contributed by atoms with Crippen LogP contribution in [0.3, 0.4) is 0 Å². The fourth-order valence-corrected chi connectivity index (χ4v) is 2.49. The molecule has 2 aromatic rings. The highest BCUT2D eigenvalue weighted by Crippen LogP contribution is 2.32. The largest absolute Gasteiger partial charge is 0.474 e. The fraction of sp³-hybridized carbons (Fsp3) is 0.294. The zero-order chi connectivity index (χ0) is 16.4. The first-order valence-corrected chi connectivity index (χ1v) is 7.46. The third-order valence-electron chi connectivity index (χ3n) is 3.54. The number of fused-ring (bicyclic) bond motifs is 1. The molecule has 0 bridgehead atoms. The Morgan fingerprint density at radius 2 is 2.17 bits per heavy atom. The van der Waals surface area contributed by atoms with Gasteiger partial charge in [-0.25, -0.2) is 4.39 Å². The standard InChI is InChI=1S/C17H18FN3O2/c1-10-9-23-17-15(19-10)8-13(16(21-17)20-11(2)22)7-12-3-5-14(18)6-4-12/h3-6,8,10,19H,7,9H2,1-2H3,(H,20,21,22). The monoisotopic (exact) mass is 315 g/mol. The van der Waals surface area contributed by atoms with Gasteiger partial charge < -0.3 is 15.4 Å². The van der Waals surface area contributed by atoms with E-state index < -0.39 is 0 Å². The van der Waals surface area contributed by atoms with Crippen LogP contribution >= 0.6 is 0 Å². The first-order chi connectivity index (χ1) is 11.0. The molecule has 0 fully saturated rings. The Labute approximate surface area is 133 Å². The van der Waals surface area contributed by atoms with Crippen LogP contribution in [-0.4, -0.2) is 23.5 Å². The Morgan fingerprint density at radius 1 is 1.43 bits per heavy atom. The number of amides is 1. The van der Waals surface area contributed by atoms with Gasteiger partial charge in [0.25, 0.3) is 0 Å². The number of halogens is 1. The second-order valence-corrected chi connectivity index (χ2v) is 5.69. The predicted molar refractivity (Wildman–Crippen MR) is 86.3 cm³/mol. The van der Waals surface area contributed by atoms with Gasteiger partial charge in [0.1, 0.15) is 18.2 Å². The van der Waals surface area contributed by atoms with Crippen LogP contribution in [0.1, 0.15) is 25.0 Å². The van der Waals surface area contributed by atoms with Crippen molar-refractivity contribution < 1.29 is 13.9 Å². The van der Waals surface area contributed by atoms with Gasteiger partial charge in [0.05, 0.1) is 11.7 Å². The highest BCUT2D eigenvalue weighted by atomic mass is 19.1. The number of hydrogen-bond donors (Lipinski definition) is 2. The zero-order valence-corrected chi connectivity index (χ0v) is 13.0. The van der Waals surface area contributed by atoms with E-state index in [0.717, 1.165) is 16.8 Å². The van der Waals surface area contributed by atoms with E-state index in [1.54, 1.807) is 12.1 Å². The van der Waals surface area contributed by atoms with Crippen molar-refractivity contribution in [2.75, 3.05) is 17.2 Å². The average Bonchev–Trinajstić information content (AvgIpc) is 2.50. The van der Waals surface area contributed by atoms with Gasteiger partial charge in [0, 0.05) is 18.9 Å². The minimum atomic E-state index is -0.275. The molecule has 1 amide bonds. The number of benzene rings is 1. The molecule has 0 spiro atoms. The van der Waals surface area contributed by atoms with Crippen molar-refractivity contribution in [1.29, 1.82) is 0 Å². The number of anilines is 2. The molecule has 3 rings (SSSR count). The molecule has 2 heterocycles. The van der Waals surface area contributed by atoms with Crippen molar-refractivity contribution in [3.05, 3.63) is 47.3 Å². The van der Waals surface area contributed by atoms with Crippen LogP contribution in [0.25, 0.3) is 0 Å². The van der Waals surface area contributed by atoms with Crippen molar-refractivity contribution in [1.82, 2.24) is 4.98 Å². The quantitative estimate of drug-likeness (QED) is 0.914. The van der Waals surface area contributed by atoms with E-state index in [0.29, 0.717) is 24.7 Å². The number of hydrogen-bond acceptors (Lipinski definition) is 4. The number of carbonyl (C=O) groups is 1. The molecule has 0 aliphatic carbocycles. The molecule has 120 valence electrons. The molecule has 6 heteroatoms. The van der Waals surface area contributed by atoms with Crippen molar-refractivity contribution in [3.8, 4) is 5.88 Å². The third-order valence-corrected chi connectivity index (χ3v) is 3.54. The van der Waals surface area contributed by atoms with Crippen LogP contribution in [0.5, 0.6) is 5.88 Å². The van der Waals surface area contributed by atoms with Crippen LogP contribution in [-0.2, 0) is 11.2 Å². The lowest BCUT2D eigenvalue weighted by Gasteiger charge is -2.25. The average molecular weight is 315 g/mol. The Morgan fingerprint density at radius 3 is 2.87 bits per heavy atom. The minimum absolute atomic E-state index is 0.189. The maximum absolute atomic E-state index is 13.0. The van der Waals surface area contributed by atoms with E-state index >= 15 is 0 Å². The van der Waals surface area contributed by atoms with E-state index in [1.807, 2.05) is 13.0 Å². The van der Waals surface area contributed by atoms with E-state index in [-0.39, 0.29) is 17.8 Å². The molecule has 1 aliphatic rings. The van der Waals surface area contributed by atoms with Crippen LogP contribution in [0.15, 0.2) is 30.3 Å². The van der Waals surface area contributed by atoms with E-state index in [4.69, 9.17) is 4.74 Å². The third kappa shape index (κ3) is 3.59. The van der Waals surface area contributed by atoms with Crippen LogP contribution in [0.2, 0.25) is 0 Å². The molecule has 0 radical (unpaired) electrons. The minimum Gasteiger partial charge on any atom is -0.474 e. The molecule has 0 saturated heterocycles. The highest BCUT2D eigenvalue weighted by Gasteiger charge is 2.20. The first kappa shape index (κ1) is 15.3. The Balaban J connectivity index is 1.96. The fourth-order valence-electron chi connectivity index (χ4n) is 2.49. The molecule has 1 aromatic heterocycles. The molecule has 23 heavy (non-hydrogen) atoms. The molecule has 1 aliphatic heterocycles. The zero-order valence-electron chi connectivity index (χ0n) is 13.0. The summed E-state index contributed by atoms with van der Waals surface area (Å²) in [5.41, 5.74) is 2.58. The van der Waals surface area contributed by atoms with Gasteiger partial charge in [-0.2, -0.15) is 4.98 Å². The summed E-state index contributed by atoms with van der Waals surface area (Å²) in [6, 6.07) is 8.39. The molecule has 0 saturated carbocycles. The summed E-state index contributed by atoms with van der Waals surface area (Å²) < 4.78 is 18.7. The number of nitrogens with one attached hydrogen (secondary N) is 2. The molecule has 1 atom stereocenters. The van der Waals surface area contributed by atoms with Gasteiger partial charge in [-0.1, -0.05) is 12.1 Å². The second-order valence-electron chi connectivity index (χ2n) is 5.69. The highest BCUT2D eigenvalue weighted by molar-refractivity contribution is 5.89. The SMILES string of the molecule is CC(=O)Nc1nc2c(cc1Cc1ccc(F)cc1)NC(C)CO2. The molecular weight excluding hydrogens is 297 g/mol. The van der Waals surface area contributed by atoms with Gasteiger partial charge in [-0.3, -0.25) is 4.79 Å². The summed E-state index contributed by atoms with van der Waals surface area (Å²) in [6.07, 6.45) is 0.534. The molecule has 1 unspecified atom stereocenters. The van der Waals surface area contributed by atoms with Crippen LogP contribution in [0.4, 0.5) is 15.9 Å². The van der Waals surface area contributed by atoms with Crippen LogP contribution < -0.4 is 15.4 Å². The summed E-state index contributed by atoms with van der Waals surface area (Å²) >= 11 is 0. The number of ether oxygens (including phenoxy) is 1. The summed E-state index contributed by atoms with van der Waals surface area (Å²) in [4.78, 5) is 15.8.